The summed E-state index contributed by atoms with van der Waals surface area (Å²) < 4.78 is 0. The van der Waals surface area contributed by atoms with Crippen LogP contribution in [0, 0.1) is 55.4 Å². The summed E-state index contributed by atoms with van der Waals surface area (Å²) >= 11 is 0. The summed E-state index contributed by atoms with van der Waals surface area (Å²) in [6.07, 6.45) is 0. The highest BCUT2D eigenvalue weighted by Crippen LogP contribution is 2.49. The molecule has 0 aromatic heterocycles. The van der Waals surface area contributed by atoms with E-state index in [1.54, 1.807) is 0 Å². The molecule has 206 valence electrons. The Bertz CT molecular complexity index is 2030. The average molecular weight is 543 g/mol. The molecule has 0 aliphatic rings. The van der Waals surface area contributed by atoms with Crippen molar-refractivity contribution < 1.29 is 0 Å². The van der Waals surface area contributed by atoms with Gasteiger partial charge in [-0.2, -0.15) is 0 Å². The van der Waals surface area contributed by atoms with Crippen LogP contribution >= 0.6 is 0 Å². The molecule has 0 aliphatic carbocycles. The first-order chi connectivity index (χ1) is 20.2. The molecule has 7 rings (SSSR count). The molecule has 0 atom stereocenters. The minimum absolute atomic E-state index is 1.32. The molecule has 0 radical (unpaired) electrons. The second-order valence-corrected chi connectivity index (χ2v) is 12.5. The van der Waals surface area contributed by atoms with Crippen molar-refractivity contribution >= 4 is 43.1 Å². The average Bonchev–Trinajstić information content (AvgIpc) is 2.97. The molecule has 0 N–H and O–H groups in total. The molecule has 0 aliphatic heterocycles. The van der Waals surface area contributed by atoms with E-state index in [4.69, 9.17) is 0 Å². The molecule has 0 saturated carbocycles. The van der Waals surface area contributed by atoms with Crippen LogP contribution in [-0.2, 0) is 0 Å². The van der Waals surface area contributed by atoms with Crippen molar-refractivity contribution in [1.29, 1.82) is 0 Å². The minimum atomic E-state index is 1.32. The van der Waals surface area contributed by atoms with Crippen molar-refractivity contribution in [3.05, 3.63) is 129 Å². The topological polar surface area (TPSA) is 0 Å². The number of aryl methyl sites for hydroxylation is 6. The number of rotatable bonds is 2. The van der Waals surface area contributed by atoms with Crippen molar-refractivity contribution in [1.82, 2.24) is 0 Å². The van der Waals surface area contributed by atoms with E-state index in [0.717, 1.165) is 0 Å². The fourth-order valence-electron chi connectivity index (χ4n) is 7.14. The predicted molar refractivity (Wildman–Crippen MR) is 185 cm³/mol. The summed E-state index contributed by atoms with van der Waals surface area (Å²) in [5.41, 5.74) is 16.2. The van der Waals surface area contributed by atoms with Crippen LogP contribution < -0.4 is 0 Å². The van der Waals surface area contributed by atoms with Gasteiger partial charge in [0.05, 0.1) is 0 Å². The molecular weight excluding hydrogens is 504 g/mol. The zero-order valence-electron chi connectivity index (χ0n) is 26.1. The van der Waals surface area contributed by atoms with Gasteiger partial charge in [0.1, 0.15) is 0 Å². The van der Waals surface area contributed by atoms with E-state index in [-0.39, 0.29) is 0 Å². The molecule has 0 nitrogen and oxygen atoms in total. The van der Waals surface area contributed by atoms with E-state index in [1.807, 2.05) is 0 Å². The van der Waals surface area contributed by atoms with E-state index in [9.17, 15) is 0 Å². The summed E-state index contributed by atoms with van der Waals surface area (Å²) in [6, 6.07) is 32.5. The van der Waals surface area contributed by atoms with Crippen molar-refractivity contribution in [2.75, 3.05) is 0 Å². The zero-order chi connectivity index (χ0) is 29.4. The van der Waals surface area contributed by atoms with Gasteiger partial charge in [-0.25, -0.2) is 0 Å². The van der Waals surface area contributed by atoms with Crippen LogP contribution in [-0.4, -0.2) is 0 Å². The second kappa shape index (κ2) is 9.57. The smallest absolute Gasteiger partial charge is 0.00174 e. The van der Waals surface area contributed by atoms with Crippen LogP contribution in [0.1, 0.15) is 44.5 Å². The monoisotopic (exact) mass is 542 g/mol. The lowest BCUT2D eigenvalue weighted by Crippen LogP contribution is -1.98. The van der Waals surface area contributed by atoms with Gasteiger partial charge in [-0.05, 0) is 165 Å². The van der Waals surface area contributed by atoms with E-state index in [1.165, 1.54) is 110 Å². The van der Waals surface area contributed by atoms with Gasteiger partial charge in [0.2, 0.25) is 0 Å². The van der Waals surface area contributed by atoms with Crippen LogP contribution in [0.4, 0.5) is 0 Å². The lowest BCUT2D eigenvalue weighted by Gasteiger charge is -2.23. The highest BCUT2D eigenvalue weighted by atomic mass is 14.3. The Labute approximate surface area is 249 Å². The summed E-state index contributed by atoms with van der Waals surface area (Å²) in [7, 11) is 0. The van der Waals surface area contributed by atoms with Gasteiger partial charge in [-0.3, -0.25) is 0 Å². The SMILES string of the molecule is Cc1cc2cc(C)c(C)c(-c3c4ccccc4c(-c4c(C)c(C)cc5cc(C)c(C)cc45)c4ccccc34)c2cc1C. The van der Waals surface area contributed by atoms with Crippen molar-refractivity contribution in [2.45, 2.75) is 55.4 Å². The summed E-state index contributed by atoms with van der Waals surface area (Å²) in [4.78, 5) is 0. The first-order valence-electron chi connectivity index (χ1n) is 15.1. The van der Waals surface area contributed by atoms with Gasteiger partial charge in [0.25, 0.3) is 0 Å². The van der Waals surface area contributed by atoms with E-state index in [2.05, 4.69) is 140 Å². The van der Waals surface area contributed by atoms with Gasteiger partial charge >= 0.3 is 0 Å². The largest absolute Gasteiger partial charge is 0.0616 e. The van der Waals surface area contributed by atoms with Crippen LogP contribution in [0.2, 0.25) is 0 Å². The highest BCUT2D eigenvalue weighted by molar-refractivity contribution is 6.26. The fraction of sp³-hybridized carbons (Fsp3) is 0.190. The molecule has 0 amide bonds. The van der Waals surface area contributed by atoms with Crippen molar-refractivity contribution in [3.8, 4) is 22.3 Å². The first-order valence-corrected chi connectivity index (χ1v) is 15.1. The molecule has 0 spiro atoms. The van der Waals surface area contributed by atoms with Gasteiger partial charge in [-0.1, -0.05) is 84.9 Å². The van der Waals surface area contributed by atoms with Gasteiger partial charge in [-0.15, -0.1) is 0 Å². The molecule has 7 aromatic carbocycles. The van der Waals surface area contributed by atoms with Crippen LogP contribution in [0.5, 0.6) is 0 Å². The lowest BCUT2D eigenvalue weighted by molar-refractivity contribution is 1.34. The Morgan fingerprint density at radius 2 is 0.571 bits per heavy atom. The van der Waals surface area contributed by atoms with Crippen LogP contribution in [0.15, 0.2) is 84.9 Å². The van der Waals surface area contributed by atoms with Gasteiger partial charge in [0, 0.05) is 0 Å². The number of benzene rings is 7. The molecular formula is C42H38. The summed E-state index contributed by atoms with van der Waals surface area (Å²) in [6.45, 7) is 18.1. The number of fused-ring (bicyclic) bond motifs is 4. The Morgan fingerprint density at radius 1 is 0.286 bits per heavy atom. The van der Waals surface area contributed by atoms with Crippen molar-refractivity contribution in [2.24, 2.45) is 0 Å². The zero-order valence-corrected chi connectivity index (χ0v) is 26.1. The maximum atomic E-state index is 2.41. The Kier molecular flexibility index (Phi) is 6.03. The third-order valence-electron chi connectivity index (χ3n) is 9.98. The molecule has 0 fully saturated rings. The van der Waals surface area contributed by atoms with Crippen LogP contribution in [0.3, 0.4) is 0 Å². The third kappa shape index (κ3) is 3.82. The van der Waals surface area contributed by atoms with Crippen LogP contribution in [0.25, 0.3) is 65.3 Å². The Balaban J connectivity index is 1.74. The molecule has 7 aromatic rings. The Morgan fingerprint density at radius 3 is 0.905 bits per heavy atom. The molecule has 42 heavy (non-hydrogen) atoms. The maximum Gasteiger partial charge on any atom is -0.00174 e. The summed E-state index contributed by atoms with van der Waals surface area (Å²) in [5, 5.41) is 10.6. The quantitative estimate of drug-likeness (QED) is 0.191. The lowest BCUT2D eigenvalue weighted by atomic mass is 9.80. The van der Waals surface area contributed by atoms with E-state index in [0.29, 0.717) is 0 Å². The maximum absolute atomic E-state index is 2.41. The van der Waals surface area contributed by atoms with E-state index >= 15 is 0 Å². The predicted octanol–water partition coefficient (Wildman–Crippen LogP) is 12.1. The molecule has 0 unspecified atom stereocenters. The van der Waals surface area contributed by atoms with E-state index < -0.39 is 0 Å². The fourth-order valence-corrected chi connectivity index (χ4v) is 7.14. The van der Waals surface area contributed by atoms with Gasteiger partial charge in [0.15, 0.2) is 0 Å². The second-order valence-electron chi connectivity index (χ2n) is 12.5. The molecule has 0 saturated heterocycles. The normalized spacial score (nSPS) is 11.8. The first kappa shape index (κ1) is 26.5. The van der Waals surface area contributed by atoms with Gasteiger partial charge < -0.3 is 0 Å². The number of hydrogen-bond acceptors (Lipinski definition) is 0. The third-order valence-corrected chi connectivity index (χ3v) is 9.98. The highest BCUT2D eigenvalue weighted by Gasteiger charge is 2.22. The molecule has 0 bridgehead atoms. The standard InChI is InChI=1S/C42H38/c1-23-17-31-19-27(5)29(7)39(37(31)21-25(23)3)41-33-13-9-11-15-35(33)42(36-16-12-10-14-34(36)41)40-30(8)28(6)20-32-18-24(2)26(4)22-38(32)40/h9-22H,1-8H3. The molecule has 0 heteroatoms. The van der Waals surface area contributed by atoms with Crippen molar-refractivity contribution in [3.63, 3.8) is 0 Å². The number of hydrogen-bond donors (Lipinski definition) is 0. The molecule has 0 heterocycles. The Hall–Kier alpha value is -4.42. The minimum Gasteiger partial charge on any atom is -0.0616 e. The summed E-state index contributed by atoms with van der Waals surface area (Å²) in [5.74, 6) is 0.